The van der Waals surface area contributed by atoms with Crippen LogP contribution >= 0.6 is 0 Å². The summed E-state index contributed by atoms with van der Waals surface area (Å²) in [6, 6.07) is 0.258. The summed E-state index contributed by atoms with van der Waals surface area (Å²) in [5, 5.41) is 3.37. The maximum absolute atomic E-state index is 5.16. The molecule has 0 aromatic carbocycles. The molecule has 5 heteroatoms. The topological polar surface area (TPSA) is 50.3 Å². The first-order valence-corrected chi connectivity index (χ1v) is 6.85. The number of ether oxygens (including phenoxy) is 1. The first kappa shape index (κ1) is 15.9. The summed E-state index contributed by atoms with van der Waals surface area (Å²) in [7, 11) is 3.70. The molecule has 19 heavy (non-hydrogen) atoms. The van der Waals surface area contributed by atoms with Crippen molar-refractivity contribution in [2.24, 2.45) is 0 Å². The molecule has 1 aromatic heterocycles. The van der Waals surface area contributed by atoms with Gasteiger partial charge in [-0.25, -0.2) is 9.97 Å². The van der Waals surface area contributed by atoms with E-state index >= 15 is 0 Å². The number of hydrogen-bond donors (Lipinski definition) is 1. The third-order valence-corrected chi connectivity index (χ3v) is 3.20. The molecular formula is C14H26N4O. The second-order valence-electron chi connectivity index (χ2n) is 4.87. The third kappa shape index (κ3) is 4.76. The Morgan fingerprint density at radius 1 is 1.47 bits per heavy atom. The van der Waals surface area contributed by atoms with E-state index in [-0.39, 0.29) is 6.04 Å². The van der Waals surface area contributed by atoms with Crippen LogP contribution in [0.5, 0.6) is 0 Å². The molecule has 1 atom stereocenters. The van der Waals surface area contributed by atoms with Crippen molar-refractivity contribution < 1.29 is 4.74 Å². The average Bonchev–Trinajstić information content (AvgIpc) is 2.40. The molecule has 5 nitrogen and oxygen atoms in total. The minimum absolute atomic E-state index is 0.258. The maximum Gasteiger partial charge on any atom is 0.225 e. The highest BCUT2D eigenvalue weighted by atomic mass is 16.5. The first-order valence-electron chi connectivity index (χ1n) is 6.85. The van der Waals surface area contributed by atoms with Gasteiger partial charge in [-0.3, -0.25) is 0 Å². The number of nitrogens with zero attached hydrogens (tertiary/aromatic N) is 3. The fourth-order valence-corrected chi connectivity index (χ4v) is 1.77. The van der Waals surface area contributed by atoms with Crippen molar-refractivity contribution in [3.63, 3.8) is 0 Å². The van der Waals surface area contributed by atoms with Crippen LogP contribution in [0.1, 0.15) is 31.5 Å². The fourth-order valence-electron chi connectivity index (χ4n) is 1.77. The van der Waals surface area contributed by atoms with Gasteiger partial charge in [-0.05, 0) is 26.8 Å². The van der Waals surface area contributed by atoms with Gasteiger partial charge in [0.15, 0.2) is 0 Å². The van der Waals surface area contributed by atoms with E-state index in [1.54, 1.807) is 7.11 Å². The monoisotopic (exact) mass is 266 g/mol. The smallest absolute Gasteiger partial charge is 0.225 e. The summed E-state index contributed by atoms with van der Waals surface area (Å²) in [6.07, 6.45) is 3.05. The molecule has 108 valence electrons. The molecule has 0 bridgehead atoms. The number of anilines is 1. The zero-order valence-corrected chi connectivity index (χ0v) is 12.7. The molecule has 0 aliphatic carbocycles. The highest BCUT2D eigenvalue weighted by Crippen LogP contribution is 2.12. The van der Waals surface area contributed by atoms with Crippen molar-refractivity contribution in [1.29, 1.82) is 0 Å². The van der Waals surface area contributed by atoms with Gasteiger partial charge in [0.25, 0.3) is 0 Å². The molecule has 1 rings (SSSR count). The van der Waals surface area contributed by atoms with Crippen molar-refractivity contribution in [2.75, 3.05) is 32.2 Å². The van der Waals surface area contributed by atoms with E-state index < -0.39 is 0 Å². The predicted molar refractivity (Wildman–Crippen MR) is 78.5 cm³/mol. The molecule has 0 spiro atoms. The molecule has 0 fully saturated rings. The molecule has 0 saturated heterocycles. The van der Waals surface area contributed by atoms with Gasteiger partial charge in [0.2, 0.25) is 5.95 Å². The van der Waals surface area contributed by atoms with Gasteiger partial charge in [-0.2, -0.15) is 0 Å². The number of rotatable bonds is 8. The quantitative estimate of drug-likeness (QED) is 0.727. The van der Waals surface area contributed by atoms with E-state index in [1.165, 1.54) is 0 Å². The van der Waals surface area contributed by atoms with E-state index in [2.05, 4.69) is 29.1 Å². The average molecular weight is 266 g/mol. The Balaban J connectivity index is 2.70. The van der Waals surface area contributed by atoms with Gasteiger partial charge < -0.3 is 15.0 Å². The predicted octanol–water partition coefficient (Wildman–Crippen LogP) is 1.76. The Morgan fingerprint density at radius 3 is 2.79 bits per heavy atom. The standard InChI is InChI=1S/C14H26N4O/c1-6-7-15-8-13-9-16-14(17-12(13)3)18(4)11(2)10-19-5/h9,11,15H,6-8,10H2,1-5H3. The molecule has 1 heterocycles. The minimum Gasteiger partial charge on any atom is -0.383 e. The molecule has 0 saturated carbocycles. The Morgan fingerprint density at radius 2 is 2.21 bits per heavy atom. The van der Waals surface area contributed by atoms with Crippen LogP contribution < -0.4 is 10.2 Å². The molecule has 0 aliphatic rings. The fraction of sp³-hybridized carbons (Fsp3) is 0.714. The number of methoxy groups -OCH3 is 1. The molecule has 1 aromatic rings. The number of aryl methyl sites for hydroxylation is 1. The highest BCUT2D eigenvalue weighted by molar-refractivity contribution is 5.33. The Bertz CT molecular complexity index is 384. The van der Waals surface area contributed by atoms with Gasteiger partial charge in [0.05, 0.1) is 12.6 Å². The number of nitrogens with one attached hydrogen (secondary N) is 1. The maximum atomic E-state index is 5.16. The number of likely N-dealkylation sites (N-methyl/N-ethyl adjacent to an activating group) is 1. The van der Waals surface area contributed by atoms with Crippen LogP contribution in [0.4, 0.5) is 5.95 Å². The van der Waals surface area contributed by atoms with Crippen molar-refractivity contribution in [2.45, 2.75) is 39.8 Å². The zero-order chi connectivity index (χ0) is 14.3. The second kappa shape index (κ2) is 8.07. The lowest BCUT2D eigenvalue weighted by Crippen LogP contribution is -2.34. The third-order valence-electron chi connectivity index (χ3n) is 3.20. The van der Waals surface area contributed by atoms with E-state index in [0.717, 1.165) is 36.7 Å². The Hall–Kier alpha value is -1.20. The largest absolute Gasteiger partial charge is 0.383 e. The minimum atomic E-state index is 0.258. The zero-order valence-electron chi connectivity index (χ0n) is 12.7. The highest BCUT2D eigenvalue weighted by Gasteiger charge is 2.13. The van der Waals surface area contributed by atoms with E-state index in [1.807, 2.05) is 25.1 Å². The summed E-state index contributed by atoms with van der Waals surface area (Å²) in [4.78, 5) is 11.1. The van der Waals surface area contributed by atoms with Gasteiger partial charge in [-0.1, -0.05) is 6.92 Å². The molecule has 0 aliphatic heterocycles. The summed E-state index contributed by atoms with van der Waals surface area (Å²) in [5.74, 6) is 0.751. The Kier molecular flexibility index (Phi) is 6.73. The van der Waals surface area contributed by atoms with E-state index in [4.69, 9.17) is 4.74 Å². The van der Waals surface area contributed by atoms with Crippen molar-refractivity contribution in [3.05, 3.63) is 17.5 Å². The lowest BCUT2D eigenvalue weighted by atomic mass is 10.2. The van der Waals surface area contributed by atoms with E-state index in [9.17, 15) is 0 Å². The molecular weight excluding hydrogens is 240 g/mol. The van der Waals surface area contributed by atoms with Crippen LogP contribution in [0.25, 0.3) is 0 Å². The van der Waals surface area contributed by atoms with E-state index in [0.29, 0.717) is 6.61 Å². The summed E-state index contributed by atoms with van der Waals surface area (Å²) < 4.78 is 5.16. The summed E-state index contributed by atoms with van der Waals surface area (Å²) in [6.45, 7) is 8.80. The van der Waals surface area contributed by atoms with Crippen LogP contribution in [-0.2, 0) is 11.3 Å². The normalized spacial score (nSPS) is 12.5. The van der Waals surface area contributed by atoms with Crippen LogP contribution in [0, 0.1) is 6.92 Å². The van der Waals surface area contributed by atoms with Gasteiger partial charge >= 0.3 is 0 Å². The van der Waals surface area contributed by atoms with Gasteiger partial charge in [0, 0.05) is 38.2 Å². The van der Waals surface area contributed by atoms with Crippen LogP contribution in [-0.4, -0.2) is 43.3 Å². The van der Waals surface area contributed by atoms with Crippen molar-refractivity contribution in [1.82, 2.24) is 15.3 Å². The molecule has 0 amide bonds. The van der Waals surface area contributed by atoms with Crippen LogP contribution in [0.2, 0.25) is 0 Å². The molecule has 0 radical (unpaired) electrons. The Labute approximate surface area is 116 Å². The summed E-state index contributed by atoms with van der Waals surface area (Å²) in [5.41, 5.74) is 2.19. The number of aromatic nitrogens is 2. The SMILES string of the molecule is CCCNCc1cnc(N(C)C(C)COC)nc1C. The second-order valence-corrected chi connectivity index (χ2v) is 4.87. The first-order chi connectivity index (χ1) is 9.10. The lowest BCUT2D eigenvalue weighted by Gasteiger charge is -2.24. The van der Waals surface area contributed by atoms with Crippen LogP contribution in [0.15, 0.2) is 6.20 Å². The lowest BCUT2D eigenvalue weighted by molar-refractivity contribution is 0.183. The van der Waals surface area contributed by atoms with Crippen molar-refractivity contribution >= 4 is 5.95 Å². The van der Waals surface area contributed by atoms with Crippen molar-refractivity contribution in [3.8, 4) is 0 Å². The number of hydrogen-bond acceptors (Lipinski definition) is 5. The van der Waals surface area contributed by atoms with Gasteiger partial charge in [0.1, 0.15) is 0 Å². The van der Waals surface area contributed by atoms with Crippen LogP contribution in [0.3, 0.4) is 0 Å². The van der Waals surface area contributed by atoms with Gasteiger partial charge in [-0.15, -0.1) is 0 Å². The summed E-state index contributed by atoms with van der Waals surface area (Å²) >= 11 is 0. The molecule has 1 N–H and O–H groups in total. The molecule has 1 unspecified atom stereocenters.